The maximum absolute atomic E-state index is 10.7. The van der Waals surface area contributed by atoms with Crippen molar-refractivity contribution in [2.75, 3.05) is 0 Å². The van der Waals surface area contributed by atoms with E-state index in [0.29, 0.717) is 66.8 Å². The van der Waals surface area contributed by atoms with Gasteiger partial charge in [-0.2, -0.15) is 0 Å². The largest absolute Gasteiger partial charge is 2.00 e. The molecule has 6 atom stereocenters. The number of aromatic hydroxyl groups is 12. The Morgan fingerprint density at radius 2 is 0.263 bits per heavy atom. The van der Waals surface area contributed by atoms with Crippen molar-refractivity contribution in [3.05, 3.63) is 358 Å². The smallest absolute Gasteiger partial charge is 0.508 e. The van der Waals surface area contributed by atoms with Crippen LogP contribution in [0.4, 0.5) is 0 Å². The number of benzene rings is 12. The molecule has 12 aromatic rings. The molecule has 118 heavy (non-hydrogen) atoms. The molecule has 0 heterocycles. The molecule has 3 aliphatic carbocycles. The van der Waals surface area contributed by atoms with Crippen molar-refractivity contribution in [2.45, 2.75) is 150 Å². The first kappa shape index (κ1) is 93.3. The molecule has 3 saturated carbocycles. The average Bonchev–Trinajstić information content (AvgIpc) is 0.804. The minimum absolute atomic E-state index is 0. The van der Waals surface area contributed by atoms with Gasteiger partial charge in [0.1, 0.15) is 69.0 Å². The van der Waals surface area contributed by atoms with Crippen LogP contribution < -0.4 is 61.5 Å². The van der Waals surface area contributed by atoms with Crippen molar-refractivity contribution < 1.29 is 166 Å². The Morgan fingerprint density at radius 1 is 0.178 bits per heavy atom. The second kappa shape index (κ2) is 45.7. The minimum atomic E-state index is -0.432. The normalized spacial score (nSPS) is 17.0. The summed E-state index contributed by atoms with van der Waals surface area (Å²) in [5.74, 6) is 1.94. The topological polar surface area (TPSA) is 315 Å². The third kappa shape index (κ3) is 23.3. The molecular formula is C96H103N6NaO12Sc2Ti+4. The van der Waals surface area contributed by atoms with Crippen molar-refractivity contribution in [3.63, 3.8) is 0 Å². The van der Waals surface area contributed by atoms with Crippen molar-refractivity contribution in [1.82, 2.24) is 31.9 Å². The van der Waals surface area contributed by atoms with Crippen LogP contribution in [0.25, 0.3) is 0 Å². The van der Waals surface area contributed by atoms with Crippen LogP contribution in [0.2, 0.25) is 0 Å². The van der Waals surface area contributed by atoms with Gasteiger partial charge in [0.2, 0.25) is 0 Å². The summed E-state index contributed by atoms with van der Waals surface area (Å²) in [4.78, 5) is 0. The van der Waals surface area contributed by atoms with E-state index in [-0.39, 0.29) is 210 Å². The molecule has 12 aromatic carbocycles. The quantitative estimate of drug-likeness (QED) is 0.0250. The van der Waals surface area contributed by atoms with E-state index in [1.54, 1.807) is 146 Å². The van der Waals surface area contributed by atoms with E-state index in [9.17, 15) is 61.3 Å². The molecule has 2 radical (unpaired) electrons. The molecule has 0 saturated heterocycles. The second-order valence-corrected chi connectivity index (χ2v) is 29.8. The van der Waals surface area contributed by atoms with Gasteiger partial charge >= 0.3 is 52.7 Å². The van der Waals surface area contributed by atoms with Crippen LogP contribution in [0.5, 0.6) is 69.0 Å². The molecule has 15 rings (SSSR count). The van der Waals surface area contributed by atoms with Gasteiger partial charge in [-0.1, -0.05) is 257 Å². The van der Waals surface area contributed by atoms with Gasteiger partial charge in [-0.25, -0.2) is 0 Å². The number of nitrogens with one attached hydrogen (secondary N) is 6. The molecule has 0 aromatic heterocycles. The third-order valence-electron chi connectivity index (χ3n) is 22.6. The molecule has 0 amide bonds. The maximum atomic E-state index is 10.7. The molecule has 3 aliphatic rings. The summed E-state index contributed by atoms with van der Waals surface area (Å²) < 4.78 is 0. The first-order chi connectivity index (χ1) is 55.6. The zero-order chi connectivity index (χ0) is 79.5. The second-order valence-electron chi connectivity index (χ2n) is 29.8. The number of hydrogen-bond donors (Lipinski definition) is 18. The SMILES string of the molecule is Oc1ccccc1C(N[C@@H]1CCCC[C@H]1NC(c1ccccc1O)c1ccccc1O)c1ccccc1O.Oc1ccccc1C(N[C@@H]1CCCC[C@H]1NC(c1ccccc1O)c1ccccc1O)c1ccccc1O.Oc1ccccc1C(N[C@@H]1CCCC[C@H]1NC(c1ccccc1O)c1ccccc1O)c1ccccc1O.[H+].[Na+].[Sc].[Sc].[Ti+2]. The van der Waals surface area contributed by atoms with Gasteiger partial charge in [-0.05, 0) is 111 Å². The van der Waals surface area contributed by atoms with Crippen molar-refractivity contribution in [2.24, 2.45) is 0 Å². The molecule has 0 aliphatic heterocycles. The van der Waals surface area contributed by atoms with Gasteiger partial charge in [0, 0.05) is 155 Å². The van der Waals surface area contributed by atoms with E-state index in [0.717, 1.165) is 77.0 Å². The van der Waals surface area contributed by atoms with Crippen LogP contribution in [-0.4, -0.2) is 97.5 Å². The minimum Gasteiger partial charge on any atom is -0.508 e. The van der Waals surface area contributed by atoms with Crippen LogP contribution in [0, 0.1) is 0 Å². The van der Waals surface area contributed by atoms with Gasteiger partial charge in [0.25, 0.3) is 0 Å². The fourth-order valence-electron chi connectivity index (χ4n) is 16.7. The first-order valence-electron chi connectivity index (χ1n) is 39.5. The van der Waals surface area contributed by atoms with Gasteiger partial charge < -0.3 is 93.2 Å². The Labute approximate surface area is 766 Å². The van der Waals surface area contributed by atoms with E-state index in [2.05, 4.69) is 31.9 Å². The fraction of sp³-hybridized carbons (Fsp3) is 0.250. The monoisotopic (exact) mass is 1690 g/mol. The number of hydrogen-bond acceptors (Lipinski definition) is 18. The number of rotatable bonds is 24. The summed E-state index contributed by atoms with van der Waals surface area (Å²) in [6, 6.07) is 83.8. The third-order valence-corrected chi connectivity index (χ3v) is 22.6. The summed E-state index contributed by atoms with van der Waals surface area (Å²) in [5, 5.41) is 151. The van der Waals surface area contributed by atoms with Crippen LogP contribution in [-0.2, 0) is 73.4 Å². The predicted octanol–water partition coefficient (Wildman–Crippen LogP) is 14.7. The zero-order valence-corrected chi connectivity index (χ0v) is 73.3. The Kier molecular flexibility index (Phi) is 36.2. The first-order valence-corrected chi connectivity index (χ1v) is 39.5. The van der Waals surface area contributed by atoms with Gasteiger partial charge in [0.15, 0.2) is 0 Å². The van der Waals surface area contributed by atoms with Gasteiger partial charge in [-0.3, -0.25) is 0 Å². The van der Waals surface area contributed by atoms with E-state index >= 15 is 0 Å². The Balaban J connectivity index is 0.000000218. The summed E-state index contributed by atoms with van der Waals surface area (Å²) in [5.41, 5.74) is 8.29. The number of phenols is 12. The summed E-state index contributed by atoms with van der Waals surface area (Å²) in [7, 11) is 0. The average molecular weight is 1690 g/mol. The molecular weight excluding hydrogens is 1590 g/mol. The fourth-order valence-corrected chi connectivity index (χ4v) is 16.7. The predicted molar refractivity (Wildman–Crippen MR) is 446 cm³/mol. The molecule has 0 unspecified atom stereocenters. The molecule has 0 bridgehead atoms. The molecule has 0 spiro atoms. The standard InChI is InChI=1S/3C32H34N2O4.Na.2Sc.Ti/c3*35-27-17-7-1-11-21(27)31(22-12-2-8-18-28(22)36)33-25-15-5-6-16-26(25)34-32(23-13-3-9-19-29(23)37)24-14-4-10-20-30(24)38;;;;/h3*1-4,7-14,17-20,25-26,31-38H,5-6,15-16H2;;;;/q;;;+1;;;+2/p+1/t3*25-,26-;;;;/m111..../s1. The molecule has 18 nitrogen and oxygen atoms in total. The van der Waals surface area contributed by atoms with E-state index in [4.69, 9.17) is 0 Å². The Morgan fingerprint density at radius 3 is 0.347 bits per heavy atom. The van der Waals surface area contributed by atoms with E-state index < -0.39 is 36.3 Å². The molecule has 22 heteroatoms. The van der Waals surface area contributed by atoms with Crippen LogP contribution >= 0.6 is 0 Å². The van der Waals surface area contributed by atoms with Crippen LogP contribution in [0.3, 0.4) is 0 Å². The van der Waals surface area contributed by atoms with Gasteiger partial charge in [0.05, 0.1) is 36.3 Å². The summed E-state index contributed by atoms with van der Waals surface area (Å²) in [6.07, 6.45) is 11.6. The van der Waals surface area contributed by atoms with Crippen molar-refractivity contribution in [3.8, 4) is 69.0 Å². The molecule has 18 N–H and O–H groups in total. The molecule has 596 valence electrons. The number of para-hydroxylation sites is 12. The van der Waals surface area contributed by atoms with Crippen LogP contribution in [0.15, 0.2) is 291 Å². The van der Waals surface area contributed by atoms with Crippen molar-refractivity contribution >= 4 is 0 Å². The molecule has 3 fully saturated rings. The van der Waals surface area contributed by atoms with Gasteiger partial charge in [-0.15, -0.1) is 0 Å². The van der Waals surface area contributed by atoms with E-state index in [1.807, 2.05) is 146 Å². The van der Waals surface area contributed by atoms with Crippen LogP contribution in [0.1, 0.15) is 181 Å². The number of phenolic OH excluding ortho intramolecular Hbond substituents is 12. The van der Waals surface area contributed by atoms with E-state index in [1.165, 1.54) is 0 Å². The van der Waals surface area contributed by atoms with Crippen molar-refractivity contribution in [1.29, 1.82) is 0 Å². The Hall–Kier alpha value is -8.55. The summed E-state index contributed by atoms with van der Waals surface area (Å²) in [6.45, 7) is 0. The maximum Gasteiger partial charge on any atom is 2.00 e. The zero-order valence-electron chi connectivity index (χ0n) is 67.1. The summed E-state index contributed by atoms with van der Waals surface area (Å²) >= 11 is 0. The Bertz CT molecular complexity index is 4080.